The summed E-state index contributed by atoms with van der Waals surface area (Å²) >= 11 is 0. The molecule has 1 amide bonds. The highest BCUT2D eigenvalue weighted by molar-refractivity contribution is 5.93. The molecule has 0 unspecified atom stereocenters. The standard InChI is InChI=1S/C9H14N4O/c1-5-4-8(12-7(3)11-5)13-9(14)6(2)10/h4,6H,10H2,1-3H3,(H,11,12,13,14)/t6-/m0/s1. The zero-order chi connectivity index (χ0) is 10.7. The minimum absolute atomic E-state index is 0.248. The van der Waals surface area contributed by atoms with E-state index in [1.54, 1.807) is 19.9 Å². The second-order valence-electron chi connectivity index (χ2n) is 3.22. The van der Waals surface area contributed by atoms with Crippen molar-refractivity contribution in [1.82, 2.24) is 9.97 Å². The number of nitrogens with one attached hydrogen (secondary N) is 1. The molecule has 0 bridgehead atoms. The average molecular weight is 194 g/mol. The first-order valence-corrected chi connectivity index (χ1v) is 4.38. The normalized spacial score (nSPS) is 12.3. The van der Waals surface area contributed by atoms with E-state index in [2.05, 4.69) is 15.3 Å². The number of hydrogen-bond donors (Lipinski definition) is 2. The summed E-state index contributed by atoms with van der Waals surface area (Å²) in [6.07, 6.45) is 0. The van der Waals surface area contributed by atoms with Crippen molar-refractivity contribution in [1.29, 1.82) is 0 Å². The third kappa shape index (κ3) is 2.77. The van der Waals surface area contributed by atoms with E-state index < -0.39 is 6.04 Å². The van der Waals surface area contributed by atoms with Crippen LogP contribution < -0.4 is 11.1 Å². The van der Waals surface area contributed by atoms with Gasteiger partial charge in [0.15, 0.2) is 0 Å². The van der Waals surface area contributed by atoms with Gasteiger partial charge in [-0.3, -0.25) is 4.79 Å². The summed E-state index contributed by atoms with van der Waals surface area (Å²) in [4.78, 5) is 19.4. The largest absolute Gasteiger partial charge is 0.320 e. The maximum atomic E-state index is 11.2. The van der Waals surface area contributed by atoms with Gasteiger partial charge in [0.1, 0.15) is 11.6 Å². The molecule has 14 heavy (non-hydrogen) atoms. The van der Waals surface area contributed by atoms with Gasteiger partial charge in [-0.25, -0.2) is 9.97 Å². The molecule has 0 aromatic carbocycles. The molecular weight excluding hydrogens is 180 g/mol. The molecule has 76 valence electrons. The maximum Gasteiger partial charge on any atom is 0.242 e. The first kappa shape index (κ1) is 10.6. The Morgan fingerprint density at radius 1 is 1.50 bits per heavy atom. The van der Waals surface area contributed by atoms with Gasteiger partial charge in [-0.15, -0.1) is 0 Å². The fraction of sp³-hybridized carbons (Fsp3) is 0.444. The van der Waals surface area contributed by atoms with E-state index >= 15 is 0 Å². The lowest BCUT2D eigenvalue weighted by Crippen LogP contribution is -2.32. The number of aromatic nitrogens is 2. The van der Waals surface area contributed by atoms with Gasteiger partial charge in [-0.05, 0) is 20.8 Å². The lowest BCUT2D eigenvalue weighted by atomic mass is 10.3. The number of nitrogens with two attached hydrogens (primary N) is 1. The number of carbonyl (C=O) groups excluding carboxylic acids is 1. The highest BCUT2D eigenvalue weighted by Crippen LogP contribution is 2.05. The molecule has 0 saturated heterocycles. The molecule has 1 aromatic rings. The van der Waals surface area contributed by atoms with E-state index in [0.717, 1.165) is 5.69 Å². The molecule has 1 aromatic heterocycles. The van der Waals surface area contributed by atoms with Gasteiger partial charge in [0.2, 0.25) is 5.91 Å². The number of hydrogen-bond acceptors (Lipinski definition) is 4. The van der Waals surface area contributed by atoms with Gasteiger partial charge in [-0.1, -0.05) is 0 Å². The Morgan fingerprint density at radius 3 is 2.64 bits per heavy atom. The van der Waals surface area contributed by atoms with Crippen LogP contribution in [0.4, 0.5) is 5.82 Å². The van der Waals surface area contributed by atoms with Gasteiger partial charge in [0.25, 0.3) is 0 Å². The Kier molecular flexibility index (Phi) is 3.14. The zero-order valence-corrected chi connectivity index (χ0v) is 8.53. The van der Waals surface area contributed by atoms with E-state index in [1.807, 2.05) is 6.92 Å². The molecule has 3 N–H and O–H groups in total. The summed E-state index contributed by atoms with van der Waals surface area (Å²) in [7, 11) is 0. The second-order valence-corrected chi connectivity index (χ2v) is 3.22. The monoisotopic (exact) mass is 194 g/mol. The van der Waals surface area contributed by atoms with Crippen LogP contribution >= 0.6 is 0 Å². The van der Waals surface area contributed by atoms with Crippen LogP contribution in [0.5, 0.6) is 0 Å². The first-order chi connectivity index (χ1) is 6.49. The van der Waals surface area contributed by atoms with Crippen LogP contribution in [0.3, 0.4) is 0 Å². The van der Waals surface area contributed by atoms with E-state index in [4.69, 9.17) is 5.73 Å². The topological polar surface area (TPSA) is 80.9 Å². The van der Waals surface area contributed by atoms with Crippen molar-refractivity contribution in [2.45, 2.75) is 26.8 Å². The molecular formula is C9H14N4O. The minimum Gasteiger partial charge on any atom is -0.320 e. The van der Waals surface area contributed by atoms with Crippen molar-refractivity contribution >= 4 is 11.7 Å². The van der Waals surface area contributed by atoms with Gasteiger partial charge in [0.05, 0.1) is 6.04 Å². The minimum atomic E-state index is -0.537. The number of rotatable bonds is 2. The molecule has 0 aliphatic rings. The summed E-state index contributed by atoms with van der Waals surface area (Å²) in [5.41, 5.74) is 6.22. The number of nitrogens with zero attached hydrogens (tertiary/aromatic N) is 2. The smallest absolute Gasteiger partial charge is 0.242 e. The van der Waals surface area contributed by atoms with Crippen molar-refractivity contribution in [2.75, 3.05) is 5.32 Å². The summed E-state index contributed by atoms with van der Waals surface area (Å²) < 4.78 is 0. The first-order valence-electron chi connectivity index (χ1n) is 4.38. The quantitative estimate of drug-likeness (QED) is 0.713. The number of carbonyl (C=O) groups is 1. The van der Waals surface area contributed by atoms with Crippen LogP contribution in [0.2, 0.25) is 0 Å². The van der Waals surface area contributed by atoms with E-state index in [9.17, 15) is 4.79 Å². The molecule has 5 nitrogen and oxygen atoms in total. The Labute approximate surface area is 82.7 Å². The Balaban J connectivity index is 2.82. The molecule has 1 heterocycles. The Bertz CT molecular complexity index is 328. The SMILES string of the molecule is Cc1cc(NC(=O)[C@H](C)N)nc(C)n1. The van der Waals surface area contributed by atoms with Gasteiger partial charge >= 0.3 is 0 Å². The van der Waals surface area contributed by atoms with Gasteiger partial charge < -0.3 is 11.1 Å². The van der Waals surface area contributed by atoms with E-state index in [-0.39, 0.29) is 5.91 Å². The molecule has 5 heteroatoms. The summed E-state index contributed by atoms with van der Waals surface area (Å²) in [5.74, 6) is 0.879. The van der Waals surface area contributed by atoms with Crippen LogP contribution in [0.25, 0.3) is 0 Å². The predicted octanol–water partition coefficient (Wildman–Crippen LogP) is 0.379. The molecule has 1 rings (SSSR count). The third-order valence-electron chi connectivity index (χ3n) is 1.63. The molecule has 0 saturated carbocycles. The molecule has 0 spiro atoms. The summed E-state index contributed by atoms with van der Waals surface area (Å²) in [5, 5.41) is 2.61. The Hall–Kier alpha value is -1.49. The Morgan fingerprint density at radius 2 is 2.14 bits per heavy atom. The van der Waals surface area contributed by atoms with E-state index in [1.165, 1.54) is 0 Å². The van der Waals surface area contributed by atoms with E-state index in [0.29, 0.717) is 11.6 Å². The van der Waals surface area contributed by atoms with Gasteiger partial charge in [-0.2, -0.15) is 0 Å². The summed E-state index contributed by atoms with van der Waals surface area (Å²) in [6, 6.07) is 1.17. The van der Waals surface area contributed by atoms with Crippen molar-refractivity contribution in [3.8, 4) is 0 Å². The number of amides is 1. The van der Waals surface area contributed by atoms with Crippen molar-refractivity contribution in [3.63, 3.8) is 0 Å². The molecule has 1 atom stereocenters. The highest BCUT2D eigenvalue weighted by Gasteiger charge is 2.08. The average Bonchev–Trinajstić information content (AvgIpc) is 2.01. The zero-order valence-electron chi connectivity index (χ0n) is 8.53. The van der Waals surface area contributed by atoms with Crippen LogP contribution in [-0.4, -0.2) is 21.9 Å². The fourth-order valence-electron chi connectivity index (χ4n) is 1.02. The molecule has 0 fully saturated rings. The summed E-state index contributed by atoms with van der Waals surface area (Å²) in [6.45, 7) is 5.24. The lowest BCUT2D eigenvalue weighted by Gasteiger charge is -2.07. The van der Waals surface area contributed by atoms with Crippen LogP contribution in [0, 0.1) is 13.8 Å². The van der Waals surface area contributed by atoms with Crippen molar-refractivity contribution in [3.05, 3.63) is 17.6 Å². The van der Waals surface area contributed by atoms with Crippen LogP contribution in [0.15, 0.2) is 6.07 Å². The maximum absolute atomic E-state index is 11.2. The predicted molar refractivity (Wildman–Crippen MR) is 53.8 cm³/mol. The number of anilines is 1. The van der Waals surface area contributed by atoms with Crippen LogP contribution in [-0.2, 0) is 4.79 Å². The molecule has 0 radical (unpaired) electrons. The van der Waals surface area contributed by atoms with Gasteiger partial charge in [0, 0.05) is 11.8 Å². The van der Waals surface area contributed by atoms with Crippen molar-refractivity contribution < 1.29 is 4.79 Å². The lowest BCUT2D eigenvalue weighted by molar-refractivity contribution is -0.117. The number of aryl methyl sites for hydroxylation is 2. The second kappa shape index (κ2) is 4.15. The van der Waals surface area contributed by atoms with Crippen molar-refractivity contribution in [2.24, 2.45) is 5.73 Å². The molecule has 0 aliphatic carbocycles. The fourth-order valence-corrected chi connectivity index (χ4v) is 1.02. The molecule has 0 aliphatic heterocycles. The van der Waals surface area contributed by atoms with Crippen LogP contribution in [0.1, 0.15) is 18.4 Å². The highest BCUT2D eigenvalue weighted by atomic mass is 16.2. The third-order valence-corrected chi connectivity index (χ3v) is 1.63.